The van der Waals surface area contributed by atoms with Crippen molar-refractivity contribution in [2.75, 3.05) is 22.6 Å². The first-order valence-electron chi connectivity index (χ1n) is 13.2. The van der Waals surface area contributed by atoms with Gasteiger partial charge in [0.05, 0.1) is 29.4 Å². The number of nitrogens with zero attached hydrogens (tertiary/aromatic N) is 5. The second-order valence-electron chi connectivity index (χ2n) is 9.63. The zero-order valence-electron chi connectivity index (χ0n) is 23.6. The van der Waals surface area contributed by atoms with Gasteiger partial charge in [-0.3, -0.25) is 9.69 Å². The van der Waals surface area contributed by atoms with E-state index >= 15 is 4.39 Å². The molecule has 5 rings (SSSR count). The highest BCUT2D eigenvalue weighted by atomic mass is 32.2. The largest absolute Gasteiger partial charge is 0.573 e. The number of amidine groups is 1. The van der Waals surface area contributed by atoms with Crippen LogP contribution in [0, 0.1) is 12.7 Å². The van der Waals surface area contributed by atoms with Crippen LogP contribution in [0.3, 0.4) is 0 Å². The molecule has 10 nitrogen and oxygen atoms in total. The molecule has 1 N–H and O–H groups in total. The predicted molar refractivity (Wildman–Crippen MR) is 157 cm³/mol. The number of thioether (sulfide) groups is 1. The standard InChI is InChI=1S/C29H22F6N6O4S/c1-16-2-3-18(12-44-13-24(31)32)23(10-16)41-25(42)14-46-28(41)38-27(43)37-22-9-6-19(11-21(22)30)40-15-36-26(39-40)17-4-7-20(8-5-17)45-29(33,34)35/h2-11,15,24H,12-14H2,1H3,(H,37,43). The number of halogens is 6. The Kier molecular flexibility index (Phi) is 9.62. The molecule has 1 saturated heterocycles. The number of hydrogen-bond donors (Lipinski definition) is 1. The summed E-state index contributed by atoms with van der Waals surface area (Å²) in [4.78, 5) is 34.8. The summed E-state index contributed by atoms with van der Waals surface area (Å²) in [5.74, 6) is -1.54. The van der Waals surface area contributed by atoms with Crippen LogP contribution in [0.15, 0.2) is 72.0 Å². The zero-order valence-corrected chi connectivity index (χ0v) is 24.4. The first-order chi connectivity index (χ1) is 21.9. The van der Waals surface area contributed by atoms with Crippen molar-refractivity contribution in [1.82, 2.24) is 14.8 Å². The number of hydrogen-bond acceptors (Lipinski definition) is 7. The van der Waals surface area contributed by atoms with Crippen LogP contribution in [0.2, 0.25) is 0 Å². The van der Waals surface area contributed by atoms with Crippen molar-refractivity contribution in [2.24, 2.45) is 4.99 Å². The number of aromatic nitrogens is 3. The van der Waals surface area contributed by atoms with Gasteiger partial charge < -0.3 is 14.8 Å². The van der Waals surface area contributed by atoms with Crippen LogP contribution in [0.4, 0.5) is 42.5 Å². The maximum Gasteiger partial charge on any atom is 0.573 e. The van der Waals surface area contributed by atoms with Crippen LogP contribution < -0.4 is 15.0 Å². The molecular formula is C29H22F6N6O4S. The Morgan fingerprint density at radius 3 is 2.57 bits per heavy atom. The SMILES string of the molecule is Cc1ccc(COCC(F)F)c(N2C(=O)CSC2=NC(=O)Nc2ccc(-n3cnc(-c4ccc(OC(F)(F)F)cc4)n3)cc2F)c1. The van der Waals surface area contributed by atoms with Crippen molar-refractivity contribution in [3.05, 3.63) is 83.9 Å². The molecule has 4 aromatic rings. The number of anilines is 2. The molecule has 2 heterocycles. The molecule has 17 heteroatoms. The molecule has 0 spiro atoms. The van der Waals surface area contributed by atoms with Gasteiger partial charge in [-0.1, -0.05) is 23.9 Å². The van der Waals surface area contributed by atoms with E-state index in [4.69, 9.17) is 4.74 Å². The fraction of sp³-hybridized carbons (Fsp3) is 0.207. The number of carbonyl (C=O) groups excluding carboxylic acids is 2. The number of rotatable bonds is 9. The van der Waals surface area contributed by atoms with Gasteiger partial charge in [-0.25, -0.2) is 27.6 Å². The van der Waals surface area contributed by atoms with E-state index < -0.39 is 42.9 Å². The Hall–Kier alpha value is -4.90. The van der Waals surface area contributed by atoms with Gasteiger partial charge in [0.15, 0.2) is 11.0 Å². The normalized spacial score (nSPS) is 14.4. The molecule has 1 aliphatic rings. The highest BCUT2D eigenvalue weighted by Crippen LogP contribution is 2.32. The van der Waals surface area contributed by atoms with Gasteiger partial charge in [0.2, 0.25) is 5.91 Å². The van der Waals surface area contributed by atoms with Gasteiger partial charge in [0.1, 0.15) is 24.5 Å². The third-order valence-corrected chi connectivity index (χ3v) is 7.17. The predicted octanol–water partition coefficient (Wildman–Crippen LogP) is 6.73. The van der Waals surface area contributed by atoms with Gasteiger partial charge in [0.25, 0.3) is 6.43 Å². The summed E-state index contributed by atoms with van der Waals surface area (Å²) in [7, 11) is 0. The molecule has 0 saturated carbocycles. The van der Waals surface area contributed by atoms with Crippen LogP contribution in [0.5, 0.6) is 5.75 Å². The van der Waals surface area contributed by atoms with Crippen LogP contribution in [-0.2, 0) is 16.1 Å². The summed E-state index contributed by atoms with van der Waals surface area (Å²) in [6.45, 7) is 0.771. The molecule has 0 atom stereocenters. The highest BCUT2D eigenvalue weighted by Gasteiger charge is 2.33. The topological polar surface area (TPSA) is 111 Å². The molecule has 0 bridgehead atoms. The van der Waals surface area contributed by atoms with E-state index in [2.05, 4.69) is 25.1 Å². The summed E-state index contributed by atoms with van der Waals surface area (Å²) in [5, 5.41) is 6.56. The van der Waals surface area contributed by atoms with Crippen LogP contribution in [0.1, 0.15) is 11.1 Å². The number of alkyl halides is 5. The van der Waals surface area contributed by atoms with Crippen molar-refractivity contribution in [3.8, 4) is 22.8 Å². The summed E-state index contributed by atoms with van der Waals surface area (Å²) in [6, 6.07) is 12.7. The first-order valence-corrected chi connectivity index (χ1v) is 14.2. The lowest BCUT2D eigenvalue weighted by Gasteiger charge is -2.20. The Morgan fingerprint density at radius 1 is 1.11 bits per heavy atom. The number of amides is 3. The van der Waals surface area contributed by atoms with E-state index in [0.29, 0.717) is 16.8 Å². The molecule has 3 amide bonds. The second-order valence-corrected chi connectivity index (χ2v) is 10.6. The van der Waals surface area contributed by atoms with E-state index in [9.17, 15) is 31.5 Å². The number of urea groups is 1. The molecular weight excluding hydrogens is 642 g/mol. The van der Waals surface area contributed by atoms with E-state index in [1.165, 1.54) is 40.2 Å². The maximum absolute atomic E-state index is 15.0. The van der Waals surface area contributed by atoms with Crippen molar-refractivity contribution >= 4 is 40.2 Å². The molecule has 0 unspecified atom stereocenters. The molecule has 0 radical (unpaired) electrons. The van der Waals surface area contributed by atoms with Crippen molar-refractivity contribution in [2.45, 2.75) is 26.3 Å². The van der Waals surface area contributed by atoms with E-state index in [1.807, 2.05) is 0 Å². The van der Waals surface area contributed by atoms with Crippen molar-refractivity contribution < 1.29 is 45.4 Å². The lowest BCUT2D eigenvalue weighted by Crippen LogP contribution is -2.31. The molecule has 1 fully saturated rings. The molecule has 0 aliphatic carbocycles. The summed E-state index contributed by atoms with van der Waals surface area (Å²) >= 11 is 0.979. The second kappa shape index (κ2) is 13.6. The van der Waals surface area contributed by atoms with Gasteiger partial charge >= 0.3 is 12.4 Å². The average Bonchev–Trinajstić information content (AvgIpc) is 3.61. The number of benzene rings is 3. The zero-order chi connectivity index (χ0) is 33.0. The summed E-state index contributed by atoms with van der Waals surface area (Å²) < 4.78 is 87.5. The lowest BCUT2D eigenvalue weighted by atomic mass is 10.1. The Balaban J connectivity index is 1.29. The van der Waals surface area contributed by atoms with Crippen molar-refractivity contribution in [1.29, 1.82) is 0 Å². The quantitative estimate of drug-likeness (QED) is 0.198. The summed E-state index contributed by atoms with van der Waals surface area (Å²) in [6.07, 6.45) is -6.23. The van der Waals surface area contributed by atoms with Gasteiger partial charge in [-0.15, -0.1) is 18.3 Å². The van der Waals surface area contributed by atoms with Crippen LogP contribution in [-0.4, -0.2) is 57.0 Å². The Morgan fingerprint density at radius 2 is 1.87 bits per heavy atom. The van der Waals surface area contributed by atoms with E-state index in [1.54, 1.807) is 25.1 Å². The van der Waals surface area contributed by atoms with Crippen LogP contribution in [0.25, 0.3) is 17.1 Å². The third kappa shape index (κ3) is 8.02. The monoisotopic (exact) mass is 664 g/mol. The molecule has 240 valence electrons. The smallest absolute Gasteiger partial charge is 0.406 e. The minimum atomic E-state index is -4.83. The number of ether oxygens (including phenoxy) is 2. The maximum atomic E-state index is 15.0. The van der Waals surface area contributed by atoms with E-state index in [-0.39, 0.29) is 34.7 Å². The summed E-state index contributed by atoms with van der Waals surface area (Å²) in [5.41, 5.74) is 1.89. The average molecular weight is 665 g/mol. The third-order valence-electron chi connectivity index (χ3n) is 6.24. The first kappa shape index (κ1) is 32.5. The fourth-order valence-electron chi connectivity index (χ4n) is 4.25. The van der Waals surface area contributed by atoms with Crippen molar-refractivity contribution in [3.63, 3.8) is 0 Å². The molecule has 46 heavy (non-hydrogen) atoms. The van der Waals surface area contributed by atoms with Gasteiger partial charge in [0, 0.05) is 17.2 Å². The van der Waals surface area contributed by atoms with E-state index in [0.717, 1.165) is 35.5 Å². The number of aryl methyl sites for hydroxylation is 1. The molecule has 3 aromatic carbocycles. The number of aliphatic imine (C=N–C) groups is 1. The van der Waals surface area contributed by atoms with Gasteiger partial charge in [-0.2, -0.15) is 4.99 Å². The Labute approximate surface area is 261 Å². The highest BCUT2D eigenvalue weighted by molar-refractivity contribution is 8.15. The molecule has 1 aliphatic heterocycles. The Bertz CT molecular complexity index is 1780. The van der Waals surface area contributed by atoms with Crippen LogP contribution >= 0.6 is 11.8 Å². The number of carbonyl (C=O) groups is 2. The minimum absolute atomic E-state index is 0.00776. The lowest BCUT2D eigenvalue weighted by molar-refractivity contribution is -0.274. The van der Waals surface area contributed by atoms with Gasteiger partial charge in [-0.05, 0) is 55.0 Å². The fourth-order valence-corrected chi connectivity index (χ4v) is 5.11. The minimum Gasteiger partial charge on any atom is -0.406 e. The molecule has 1 aromatic heterocycles. The number of nitrogens with one attached hydrogen (secondary N) is 1.